The van der Waals surface area contributed by atoms with E-state index in [1.807, 2.05) is 11.6 Å². The van der Waals surface area contributed by atoms with E-state index in [9.17, 15) is 9.59 Å². The van der Waals surface area contributed by atoms with Crippen LogP contribution in [-0.4, -0.2) is 32.8 Å². The number of hydrogen-bond donors (Lipinski definition) is 2. The average Bonchev–Trinajstić information content (AvgIpc) is 2.73. The standard InChI is InChI=1S/C13H21N3O3/c1-5-10(6-2)16-8(3)7-11(15-16)12(17)14-9(4)13(18)19/h7,9-10H,5-6H2,1-4H3,(H,14,17)(H,18,19). The Balaban J connectivity index is 2.88. The van der Waals surface area contributed by atoms with Gasteiger partial charge in [-0.05, 0) is 32.8 Å². The van der Waals surface area contributed by atoms with Crippen LogP contribution in [0.25, 0.3) is 0 Å². The zero-order valence-electron chi connectivity index (χ0n) is 11.8. The molecule has 0 saturated heterocycles. The molecule has 0 bridgehead atoms. The predicted octanol–water partition coefficient (Wildman–Crippen LogP) is 1.76. The van der Waals surface area contributed by atoms with Crippen molar-refractivity contribution >= 4 is 11.9 Å². The van der Waals surface area contributed by atoms with Gasteiger partial charge in [-0.25, -0.2) is 0 Å². The zero-order valence-corrected chi connectivity index (χ0v) is 11.8. The lowest BCUT2D eigenvalue weighted by Gasteiger charge is -2.14. The molecule has 6 nitrogen and oxygen atoms in total. The zero-order chi connectivity index (χ0) is 14.6. The Hall–Kier alpha value is -1.85. The molecule has 1 atom stereocenters. The number of hydrogen-bond acceptors (Lipinski definition) is 3. The van der Waals surface area contributed by atoms with Crippen LogP contribution in [0, 0.1) is 6.92 Å². The monoisotopic (exact) mass is 267 g/mol. The highest BCUT2D eigenvalue weighted by Crippen LogP contribution is 2.17. The molecule has 1 aromatic rings. The van der Waals surface area contributed by atoms with E-state index >= 15 is 0 Å². The van der Waals surface area contributed by atoms with E-state index < -0.39 is 17.9 Å². The molecule has 0 fully saturated rings. The molecular weight excluding hydrogens is 246 g/mol. The second-order valence-electron chi connectivity index (χ2n) is 4.62. The van der Waals surface area contributed by atoms with Gasteiger partial charge in [0.25, 0.3) is 5.91 Å². The molecule has 0 spiro atoms. The summed E-state index contributed by atoms with van der Waals surface area (Å²) in [7, 11) is 0. The minimum absolute atomic E-state index is 0.262. The van der Waals surface area contributed by atoms with Crippen molar-refractivity contribution in [3.05, 3.63) is 17.5 Å². The van der Waals surface area contributed by atoms with Gasteiger partial charge in [-0.3, -0.25) is 14.3 Å². The number of aryl methyl sites for hydroxylation is 1. The fraction of sp³-hybridized carbons (Fsp3) is 0.615. The Kier molecular flexibility index (Phi) is 5.09. The van der Waals surface area contributed by atoms with Crippen LogP contribution < -0.4 is 5.32 Å². The van der Waals surface area contributed by atoms with Crippen molar-refractivity contribution < 1.29 is 14.7 Å². The summed E-state index contributed by atoms with van der Waals surface area (Å²) in [4.78, 5) is 22.6. The number of amides is 1. The fourth-order valence-electron chi connectivity index (χ4n) is 1.94. The van der Waals surface area contributed by atoms with E-state index in [0.717, 1.165) is 18.5 Å². The number of carbonyl (C=O) groups is 2. The minimum Gasteiger partial charge on any atom is -0.480 e. The van der Waals surface area contributed by atoms with Crippen molar-refractivity contribution in [3.63, 3.8) is 0 Å². The first-order valence-corrected chi connectivity index (χ1v) is 6.50. The molecule has 19 heavy (non-hydrogen) atoms. The average molecular weight is 267 g/mol. The lowest BCUT2D eigenvalue weighted by atomic mass is 10.2. The summed E-state index contributed by atoms with van der Waals surface area (Å²) >= 11 is 0. The SMILES string of the molecule is CCC(CC)n1nc(C(=O)NC(C)C(=O)O)cc1C. The molecule has 0 aliphatic heterocycles. The lowest BCUT2D eigenvalue weighted by molar-refractivity contribution is -0.138. The third-order valence-electron chi connectivity index (χ3n) is 3.16. The Morgan fingerprint density at radius 3 is 2.47 bits per heavy atom. The van der Waals surface area contributed by atoms with Crippen LogP contribution in [0.2, 0.25) is 0 Å². The van der Waals surface area contributed by atoms with Crippen molar-refractivity contribution in [2.24, 2.45) is 0 Å². The van der Waals surface area contributed by atoms with Gasteiger partial charge in [-0.2, -0.15) is 5.10 Å². The van der Waals surface area contributed by atoms with Crippen molar-refractivity contribution in [3.8, 4) is 0 Å². The third kappa shape index (κ3) is 3.56. The van der Waals surface area contributed by atoms with Gasteiger partial charge in [0.05, 0.1) is 6.04 Å². The summed E-state index contributed by atoms with van der Waals surface area (Å²) < 4.78 is 1.83. The van der Waals surface area contributed by atoms with Gasteiger partial charge in [0, 0.05) is 5.69 Å². The molecule has 1 rings (SSSR count). The van der Waals surface area contributed by atoms with E-state index in [0.29, 0.717) is 0 Å². The first-order chi connectivity index (χ1) is 8.90. The highest BCUT2D eigenvalue weighted by molar-refractivity contribution is 5.94. The smallest absolute Gasteiger partial charge is 0.325 e. The lowest BCUT2D eigenvalue weighted by Crippen LogP contribution is -2.38. The number of nitrogens with zero attached hydrogens (tertiary/aromatic N) is 2. The molecule has 2 N–H and O–H groups in total. The van der Waals surface area contributed by atoms with Gasteiger partial charge in [-0.1, -0.05) is 13.8 Å². The Morgan fingerprint density at radius 1 is 1.42 bits per heavy atom. The number of carboxylic acids is 1. The van der Waals surface area contributed by atoms with E-state index in [-0.39, 0.29) is 11.7 Å². The maximum Gasteiger partial charge on any atom is 0.325 e. The molecule has 0 radical (unpaired) electrons. The highest BCUT2D eigenvalue weighted by atomic mass is 16.4. The number of nitrogens with one attached hydrogen (secondary N) is 1. The van der Waals surface area contributed by atoms with Crippen molar-refractivity contribution in [2.45, 2.75) is 52.6 Å². The van der Waals surface area contributed by atoms with Crippen LogP contribution >= 0.6 is 0 Å². The van der Waals surface area contributed by atoms with E-state index in [2.05, 4.69) is 24.3 Å². The van der Waals surface area contributed by atoms with Crippen molar-refractivity contribution in [2.75, 3.05) is 0 Å². The number of aromatic nitrogens is 2. The maximum absolute atomic E-state index is 11.9. The predicted molar refractivity (Wildman–Crippen MR) is 71.1 cm³/mol. The highest BCUT2D eigenvalue weighted by Gasteiger charge is 2.19. The summed E-state index contributed by atoms with van der Waals surface area (Å²) in [5.74, 6) is -1.52. The molecule has 6 heteroatoms. The second kappa shape index (κ2) is 6.36. The maximum atomic E-state index is 11.9. The molecule has 0 aromatic carbocycles. The first-order valence-electron chi connectivity index (χ1n) is 6.50. The van der Waals surface area contributed by atoms with Crippen LogP contribution in [-0.2, 0) is 4.79 Å². The quantitative estimate of drug-likeness (QED) is 0.822. The number of rotatable bonds is 6. The Labute approximate surface area is 112 Å². The Morgan fingerprint density at radius 2 is 2.00 bits per heavy atom. The molecule has 0 saturated carbocycles. The van der Waals surface area contributed by atoms with Crippen LogP contribution in [0.15, 0.2) is 6.07 Å². The largest absolute Gasteiger partial charge is 0.480 e. The summed E-state index contributed by atoms with van der Waals surface area (Å²) in [6, 6.07) is 1.02. The first kappa shape index (κ1) is 15.2. The van der Waals surface area contributed by atoms with Crippen LogP contribution in [0.3, 0.4) is 0 Å². The number of carbonyl (C=O) groups excluding carboxylic acids is 1. The van der Waals surface area contributed by atoms with Gasteiger partial charge >= 0.3 is 5.97 Å². The fourth-order valence-corrected chi connectivity index (χ4v) is 1.94. The molecule has 106 valence electrons. The van der Waals surface area contributed by atoms with Crippen LogP contribution in [0.1, 0.15) is 55.8 Å². The third-order valence-corrected chi connectivity index (χ3v) is 3.16. The van der Waals surface area contributed by atoms with E-state index in [1.54, 1.807) is 6.07 Å². The summed E-state index contributed by atoms with van der Waals surface area (Å²) in [6.07, 6.45) is 1.87. The van der Waals surface area contributed by atoms with Gasteiger partial charge in [0.2, 0.25) is 0 Å². The van der Waals surface area contributed by atoms with Crippen molar-refractivity contribution in [1.82, 2.24) is 15.1 Å². The Bertz CT molecular complexity index is 464. The molecule has 0 aliphatic carbocycles. The van der Waals surface area contributed by atoms with E-state index in [1.165, 1.54) is 6.92 Å². The number of aliphatic carboxylic acids is 1. The summed E-state index contributed by atoms with van der Waals surface area (Å²) in [6.45, 7) is 7.46. The van der Waals surface area contributed by atoms with Crippen LogP contribution in [0.4, 0.5) is 0 Å². The van der Waals surface area contributed by atoms with Crippen molar-refractivity contribution in [1.29, 1.82) is 0 Å². The normalized spacial score (nSPS) is 12.5. The molecule has 1 unspecified atom stereocenters. The summed E-state index contributed by atoms with van der Waals surface area (Å²) in [5, 5.41) is 15.4. The van der Waals surface area contributed by atoms with Gasteiger partial charge in [0.1, 0.15) is 11.7 Å². The molecule has 1 amide bonds. The minimum atomic E-state index is -1.07. The molecule has 1 aromatic heterocycles. The second-order valence-corrected chi connectivity index (χ2v) is 4.62. The molecule has 1 heterocycles. The van der Waals surface area contributed by atoms with Gasteiger partial charge < -0.3 is 10.4 Å². The number of carboxylic acid groups (broad SMARTS) is 1. The van der Waals surface area contributed by atoms with Crippen LogP contribution in [0.5, 0.6) is 0 Å². The summed E-state index contributed by atoms with van der Waals surface area (Å²) in [5.41, 5.74) is 1.17. The van der Waals surface area contributed by atoms with Gasteiger partial charge in [0.15, 0.2) is 0 Å². The topological polar surface area (TPSA) is 84.2 Å². The molecule has 0 aliphatic rings. The van der Waals surface area contributed by atoms with E-state index in [4.69, 9.17) is 5.11 Å². The molecular formula is C13H21N3O3. The van der Waals surface area contributed by atoms with Gasteiger partial charge in [-0.15, -0.1) is 0 Å².